The number of sulfonamides is 1. The van der Waals surface area contributed by atoms with E-state index in [1.54, 1.807) is 4.72 Å². The second-order valence-corrected chi connectivity index (χ2v) is 15.1. The third-order valence-electron chi connectivity index (χ3n) is 7.07. The quantitative estimate of drug-likeness (QED) is 0.143. The van der Waals surface area contributed by atoms with E-state index in [4.69, 9.17) is 21.1 Å². The number of sulfone groups is 1. The number of urea groups is 1. The Labute approximate surface area is 303 Å². The van der Waals surface area contributed by atoms with Crippen LogP contribution < -0.4 is 24.8 Å². The summed E-state index contributed by atoms with van der Waals surface area (Å²) in [7, 11) is -2.45. The monoisotopic (exact) mass is 780 g/mol. The van der Waals surface area contributed by atoms with Crippen molar-refractivity contribution in [3.63, 3.8) is 0 Å². The van der Waals surface area contributed by atoms with E-state index < -0.39 is 60.0 Å². The van der Waals surface area contributed by atoms with Gasteiger partial charge in [-0.25, -0.2) is 26.4 Å². The van der Waals surface area contributed by atoms with Gasteiger partial charge in [-0.15, -0.1) is 0 Å². The average Bonchev–Trinajstić information content (AvgIpc) is 3.07. The molecule has 21 heteroatoms. The van der Waals surface area contributed by atoms with E-state index >= 15 is 0 Å². The number of benzene rings is 2. The lowest BCUT2D eigenvalue weighted by molar-refractivity contribution is -0.133. The number of carbonyl (C=O) groups is 6. The fourth-order valence-electron chi connectivity index (χ4n) is 4.57. The van der Waals surface area contributed by atoms with E-state index in [0.29, 0.717) is 12.8 Å². The number of amides is 4. The molecule has 4 amide bonds. The van der Waals surface area contributed by atoms with Crippen LogP contribution in [0, 0.1) is 5.92 Å². The van der Waals surface area contributed by atoms with Crippen molar-refractivity contribution in [1.82, 2.24) is 19.6 Å². The van der Waals surface area contributed by atoms with Crippen LogP contribution in [0.4, 0.5) is 16.4 Å². The maximum Gasteiger partial charge on any atom is 0.335 e. The number of hydrogen-bond donors (Lipinski definition) is 3. The van der Waals surface area contributed by atoms with Crippen molar-refractivity contribution < 1.29 is 55.1 Å². The minimum Gasteiger partial charge on any atom is -0.481 e. The lowest BCUT2D eigenvalue weighted by Gasteiger charge is -2.18. The molecule has 1 aromatic heterocycles. The molecule has 0 spiro atoms. The van der Waals surface area contributed by atoms with Crippen molar-refractivity contribution >= 4 is 78.8 Å². The minimum atomic E-state index is -4.54. The zero-order chi connectivity index (χ0) is 39.0. The summed E-state index contributed by atoms with van der Waals surface area (Å²) in [4.78, 5) is 79.6. The molecule has 0 saturated heterocycles. The number of carbonyl (C=O) groups excluding carboxylic acids is 6. The Morgan fingerprint density at radius 1 is 0.904 bits per heavy atom. The zero-order valence-corrected chi connectivity index (χ0v) is 30.6. The van der Waals surface area contributed by atoms with E-state index in [2.05, 4.69) is 20.6 Å². The Morgan fingerprint density at radius 2 is 1.48 bits per heavy atom. The highest BCUT2D eigenvalue weighted by Crippen LogP contribution is 2.28. The molecule has 0 radical (unpaired) electrons. The van der Waals surface area contributed by atoms with Crippen LogP contribution in [0.25, 0.3) is 0 Å². The molecule has 18 nitrogen and oxygen atoms in total. The molecule has 4 rings (SSSR count). The fraction of sp³-hybridized carbons (Fsp3) is 0.290. The molecular formula is C31H33ClN6O12S2. The van der Waals surface area contributed by atoms with Gasteiger partial charge in [0.15, 0.2) is 27.2 Å². The summed E-state index contributed by atoms with van der Waals surface area (Å²) in [5, 5.41) is 4.36. The average molecular weight is 781 g/mol. The van der Waals surface area contributed by atoms with Crippen LogP contribution in [0.2, 0.25) is 5.02 Å². The normalized spacial score (nSPS) is 13.2. The molecule has 0 atom stereocenters. The van der Waals surface area contributed by atoms with Gasteiger partial charge in [0, 0.05) is 44.4 Å². The van der Waals surface area contributed by atoms with Crippen LogP contribution in [-0.2, 0) is 34.2 Å². The van der Waals surface area contributed by atoms with Gasteiger partial charge in [0.05, 0.1) is 35.8 Å². The fourth-order valence-corrected chi connectivity index (χ4v) is 6.69. The number of nitrogens with one attached hydrogen (secondary N) is 3. The van der Waals surface area contributed by atoms with Crippen molar-refractivity contribution in [2.75, 3.05) is 45.2 Å². The van der Waals surface area contributed by atoms with Crippen molar-refractivity contribution in [2.45, 2.75) is 29.1 Å². The first kappa shape index (κ1) is 41.0. The highest BCUT2D eigenvalue weighted by molar-refractivity contribution is 7.90. The minimum absolute atomic E-state index is 0.00216. The maximum absolute atomic E-state index is 12.8. The van der Waals surface area contributed by atoms with Crippen LogP contribution in [0.15, 0.2) is 52.3 Å². The van der Waals surface area contributed by atoms with Crippen molar-refractivity contribution in [2.24, 2.45) is 5.92 Å². The number of nitrogens with zero attached hydrogens (tertiary/aromatic N) is 3. The third-order valence-corrected chi connectivity index (χ3v) is 9.86. The number of ketones is 3. The molecule has 2 aromatic carbocycles. The molecule has 3 N–H and O–H groups in total. The molecule has 1 fully saturated rings. The molecule has 278 valence electrons. The van der Waals surface area contributed by atoms with E-state index in [1.807, 2.05) is 0 Å². The summed E-state index contributed by atoms with van der Waals surface area (Å²) in [5.74, 6) is -3.55. The Morgan fingerprint density at radius 3 is 1.98 bits per heavy atom. The Hall–Kier alpha value is -5.47. The van der Waals surface area contributed by atoms with Crippen LogP contribution >= 0.6 is 11.6 Å². The van der Waals surface area contributed by atoms with Gasteiger partial charge in [-0.05, 0) is 42.8 Å². The van der Waals surface area contributed by atoms with Crippen LogP contribution in [0.3, 0.4) is 0 Å². The molecule has 1 heterocycles. The van der Waals surface area contributed by atoms with Crippen molar-refractivity contribution in [1.29, 1.82) is 0 Å². The van der Waals surface area contributed by atoms with E-state index in [9.17, 15) is 45.6 Å². The van der Waals surface area contributed by atoms with Gasteiger partial charge in [0.1, 0.15) is 10.8 Å². The summed E-state index contributed by atoms with van der Waals surface area (Å²) < 4.78 is 60.2. The first-order valence-corrected chi connectivity index (χ1v) is 18.5. The van der Waals surface area contributed by atoms with Crippen molar-refractivity contribution in [3.05, 3.63) is 58.6 Å². The summed E-state index contributed by atoms with van der Waals surface area (Å²) in [6.07, 6.45) is 2.21. The molecule has 1 aliphatic rings. The predicted octanol–water partition coefficient (Wildman–Crippen LogP) is 2.14. The summed E-state index contributed by atoms with van der Waals surface area (Å²) in [6, 6.07) is 7.41. The summed E-state index contributed by atoms with van der Waals surface area (Å²) >= 11 is 5.94. The second kappa shape index (κ2) is 17.2. The first-order chi connectivity index (χ1) is 24.3. The number of ether oxygens (including phenoxy) is 2. The van der Waals surface area contributed by atoms with Crippen LogP contribution in [0.1, 0.15) is 40.0 Å². The molecule has 0 bridgehead atoms. The van der Waals surface area contributed by atoms with Crippen molar-refractivity contribution in [3.8, 4) is 11.8 Å². The standard InChI is InChI=1S/C17H20N6O7S.C14H13ClO5S/c1-23(2)15(25)11-6-5-10(18-9-24)7-12(11)31(27,28)22-17(26)21-16-19-13(29-3)8-14(20-16)30-4;1-21(19,20)8-5-6-9(10(15)7-8)14(18)13-11(16)3-2-4-12(13)17/h5-9H,1-4H3,(H,18,24)(H2,19,20,21,22,26);5-7,13H,2-4H2,1H3. The SMILES string of the molecule is COc1cc(OC)nc(NC(=O)NS(=O)(=O)c2cc(NC=O)ccc2C(=O)N(C)C)n1.CS(=O)(=O)c1ccc(C(=O)C2C(=O)CCCC2=O)c(Cl)c1. The van der Waals surface area contributed by atoms with Gasteiger partial charge >= 0.3 is 6.03 Å². The van der Waals surface area contributed by atoms with Gasteiger partial charge in [-0.3, -0.25) is 29.3 Å². The number of aromatic nitrogens is 2. The van der Waals surface area contributed by atoms with Gasteiger partial charge in [0.2, 0.25) is 24.1 Å². The zero-order valence-electron chi connectivity index (χ0n) is 28.3. The molecule has 52 heavy (non-hydrogen) atoms. The largest absolute Gasteiger partial charge is 0.481 e. The predicted molar refractivity (Wildman–Crippen MR) is 185 cm³/mol. The van der Waals surface area contributed by atoms with Gasteiger partial charge in [-0.2, -0.15) is 9.97 Å². The van der Waals surface area contributed by atoms with Gasteiger partial charge in [0.25, 0.3) is 15.9 Å². The number of methoxy groups -OCH3 is 2. The summed E-state index contributed by atoms with van der Waals surface area (Å²) in [5.41, 5.74) is -0.106. The van der Waals surface area contributed by atoms with Gasteiger partial charge in [-0.1, -0.05) is 11.6 Å². The molecule has 0 unspecified atom stereocenters. The van der Waals surface area contributed by atoms with E-state index in [-0.39, 0.29) is 57.3 Å². The first-order valence-electron chi connectivity index (χ1n) is 14.8. The smallest absolute Gasteiger partial charge is 0.335 e. The summed E-state index contributed by atoms with van der Waals surface area (Å²) in [6.45, 7) is 0. The lowest BCUT2D eigenvalue weighted by Crippen LogP contribution is -2.36. The molecule has 1 aliphatic carbocycles. The van der Waals surface area contributed by atoms with E-state index in [1.165, 1.54) is 58.6 Å². The molecule has 3 aromatic rings. The highest BCUT2D eigenvalue weighted by Gasteiger charge is 2.37. The van der Waals surface area contributed by atoms with Crippen LogP contribution in [-0.4, -0.2) is 102 Å². The Kier molecular flexibility index (Phi) is 13.5. The number of anilines is 2. The lowest BCUT2D eigenvalue weighted by atomic mass is 9.82. The third kappa shape index (κ3) is 10.3. The number of Topliss-reactive ketones (excluding diaryl/α,β-unsaturated/α-hetero) is 3. The molecular weight excluding hydrogens is 748 g/mol. The number of rotatable bonds is 11. The Bertz CT molecular complexity index is 2100. The van der Waals surface area contributed by atoms with Crippen LogP contribution in [0.5, 0.6) is 11.8 Å². The molecule has 0 aliphatic heterocycles. The van der Waals surface area contributed by atoms with E-state index in [0.717, 1.165) is 23.3 Å². The Balaban J connectivity index is 0.000000302. The second-order valence-electron chi connectivity index (χ2n) is 11.0. The topological polar surface area (TPSA) is 254 Å². The highest BCUT2D eigenvalue weighted by atomic mass is 35.5. The van der Waals surface area contributed by atoms with Gasteiger partial charge < -0.3 is 19.7 Å². The number of halogens is 1. The maximum atomic E-state index is 12.8. The number of hydrogen-bond acceptors (Lipinski definition) is 14. The molecule has 1 saturated carbocycles.